The van der Waals surface area contributed by atoms with Gasteiger partial charge in [-0.05, 0) is 33.5 Å². The summed E-state index contributed by atoms with van der Waals surface area (Å²) >= 11 is 0. The van der Waals surface area contributed by atoms with Crippen molar-refractivity contribution in [3.8, 4) is 0 Å². The van der Waals surface area contributed by atoms with Crippen molar-refractivity contribution in [2.75, 3.05) is 40.3 Å². The molecule has 0 aromatic rings. The first-order valence-corrected chi connectivity index (χ1v) is 5.23. The van der Waals surface area contributed by atoms with E-state index in [0.29, 0.717) is 6.04 Å². The highest BCUT2D eigenvalue weighted by molar-refractivity contribution is 4.76. The Morgan fingerprint density at radius 3 is 2.85 bits per heavy atom. The zero-order valence-corrected chi connectivity index (χ0v) is 8.87. The molecule has 0 aliphatic carbocycles. The summed E-state index contributed by atoms with van der Waals surface area (Å²) in [5.74, 6) is 0. The second-order valence-electron chi connectivity index (χ2n) is 4.12. The third-order valence-electron chi connectivity index (χ3n) is 2.93. The maximum Gasteiger partial charge on any atom is 0.0558 e. The van der Waals surface area contributed by atoms with Gasteiger partial charge >= 0.3 is 0 Å². The van der Waals surface area contributed by atoms with E-state index in [2.05, 4.69) is 23.9 Å². The van der Waals surface area contributed by atoms with Crippen LogP contribution in [0.1, 0.15) is 19.3 Å². The highest BCUT2D eigenvalue weighted by Gasteiger charge is 2.19. The highest BCUT2D eigenvalue weighted by atomic mass is 16.3. The van der Waals surface area contributed by atoms with Crippen LogP contribution in [0.2, 0.25) is 0 Å². The van der Waals surface area contributed by atoms with E-state index in [1.54, 1.807) is 0 Å². The standard InChI is InChI=1S/C10H22N2O/c1-11(7-8-13)9-10-5-3-4-6-12(10)2/h10,13H,3-9H2,1-2H3/t10-/m1/s1. The summed E-state index contributed by atoms with van der Waals surface area (Å²) in [7, 11) is 4.29. The number of likely N-dealkylation sites (N-methyl/N-ethyl adjacent to an activating group) is 2. The van der Waals surface area contributed by atoms with Crippen LogP contribution in [-0.4, -0.2) is 61.3 Å². The number of rotatable bonds is 4. The first kappa shape index (κ1) is 11.0. The molecular weight excluding hydrogens is 164 g/mol. The summed E-state index contributed by atoms with van der Waals surface area (Å²) < 4.78 is 0. The van der Waals surface area contributed by atoms with Gasteiger partial charge < -0.3 is 14.9 Å². The molecule has 0 aromatic heterocycles. The predicted molar refractivity (Wildman–Crippen MR) is 54.9 cm³/mol. The summed E-state index contributed by atoms with van der Waals surface area (Å²) in [6.45, 7) is 3.39. The van der Waals surface area contributed by atoms with Gasteiger partial charge in [-0.25, -0.2) is 0 Å². The number of piperidine rings is 1. The maximum atomic E-state index is 8.78. The summed E-state index contributed by atoms with van der Waals surface area (Å²) in [4.78, 5) is 4.66. The topological polar surface area (TPSA) is 26.7 Å². The quantitative estimate of drug-likeness (QED) is 0.688. The van der Waals surface area contributed by atoms with Crippen LogP contribution < -0.4 is 0 Å². The third-order valence-corrected chi connectivity index (χ3v) is 2.93. The molecule has 13 heavy (non-hydrogen) atoms. The number of hydrogen-bond donors (Lipinski definition) is 1. The molecule has 1 N–H and O–H groups in total. The van der Waals surface area contributed by atoms with Crippen molar-refractivity contribution < 1.29 is 5.11 Å². The molecule has 0 amide bonds. The molecule has 1 rings (SSSR count). The van der Waals surface area contributed by atoms with Gasteiger partial charge in [-0.15, -0.1) is 0 Å². The molecule has 0 unspecified atom stereocenters. The van der Waals surface area contributed by atoms with Crippen molar-refractivity contribution in [2.45, 2.75) is 25.3 Å². The monoisotopic (exact) mass is 186 g/mol. The first-order valence-electron chi connectivity index (χ1n) is 5.23. The Labute approximate surface area is 81.3 Å². The van der Waals surface area contributed by atoms with Crippen molar-refractivity contribution in [3.63, 3.8) is 0 Å². The average Bonchev–Trinajstić information content (AvgIpc) is 2.09. The summed E-state index contributed by atoms with van der Waals surface area (Å²) in [6, 6.07) is 0.699. The Kier molecular flexibility index (Phi) is 4.70. The maximum absolute atomic E-state index is 8.78. The zero-order valence-electron chi connectivity index (χ0n) is 8.87. The Morgan fingerprint density at radius 2 is 2.23 bits per heavy atom. The molecule has 1 aliphatic rings. The fourth-order valence-electron chi connectivity index (χ4n) is 2.00. The van der Waals surface area contributed by atoms with Crippen molar-refractivity contribution in [3.05, 3.63) is 0 Å². The largest absolute Gasteiger partial charge is 0.395 e. The number of aliphatic hydroxyl groups excluding tert-OH is 1. The normalized spacial score (nSPS) is 25.4. The molecule has 0 saturated carbocycles. The third kappa shape index (κ3) is 3.63. The van der Waals surface area contributed by atoms with E-state index in [4.69, 9.17) is 5.11 Å². The molecule has 1 atom stereocenters. The van der Waals surface area contributed by atoms with Crippen LogP contribution in [0.25, 0.3) is 0 Å². The molecule has 0 aromatic carbocycles. The van der Waals surface area contributed by atoms with E-state index in [1.165, 1.54) is 25.8 Å². The van der Waals surface area contributed by atoms with Crippen molar-refractivity contribution >= 4 is 0 Å². The van der Waals surface area contributed by atoms with Gasteiger partial charge in [-0.2, -0.15) is 0 Å². The van der Waals surface area contributed by atoms with Gasteiger partial charge in [0.15, 0.2) is 0 Å². The van der Waals surface area contributed by atoms with E-state index in [-0.39, 0.29) is 6.61 Å². The number of nitrogens with zero attached hydrogens (tertiary/aromatic N) is 2. The summed E-state index contributed by atoms with van der Waals surface area (Å²) in [5.41, 5.74) is 0. The van der Waals surface area contributed by atoms with Crippen molar-refractivity contribution in [2.24, 2.45) is 0 Å². The smallest absolute Gasteiger partial charge is 0.0558 e. The minimum Gasteiger partial charge on any atom is -0.395 e. The van der Waals surface area contributed by atoms with E-state index in [9.17, 15) is 0 Å². The SMILES string of the molecule is CN(CCO)C[C@H]1CCCCN1C. The van der Waals surface area contributed by atoms with Crippen LogP contribution in [0.5, 0.6) is 0 Å². The molecule has 0 bridgehead atoms. The van der Waals surface area contributed by atoms with Crippen molar-refractivity contribution in [1.82, 2.24) is 9.80 Å². The van der Waals surface area contributed by atoms with Crippen LogP contribution in [0.3, 0.4) is 0 Å². The number of aliphatic hydroxyl groups is 1. The van der Waals surface area contributed by atoms with Gasteiger partial charge in [0.05, 0.1) is 6.61 Å². The lowest BCUT2D eigenvalue weighted by molar-refractivity contribution is 0.129. The second kappa shape index (κ2) is 5.58. The molecule has 1 heterocycles. The van der Waals surface area contributed by atoms with Gasteiger partial charge in [0.25, 0.3) is 0 Å². The van der Waals surface area contributed by atoms with Crippen LogP contribution in [0.15, 0.2) is 0 Å². The summed E-state index contributed by atoms with van der Waals surface area (Å²) in [6.07, 6.45) is 4.02. The molecule has 1 aliphatic heterocycles. The second-order valence-corrected chi connectivity index (χ2v) is 4.12. The Hall–Kier alpha value is -0.120. The lowest BCUT2D eigenvalue weighted by atomic mass is 10.0. The number of likely N-dealkylation sites (tertiary alicyclic amines) is 1. The van der Waals surface area contributed by atoms with Crippen LogP contribution in [-0.2, 0) is 0 Å². The Balaban J connectivity index is 2.25. The molecule has 1 fully saturated rings. The zero-order chi connectivity index (χ0) is 9.68. The van der Waals surface area contributed by atoms with Gasteiger partial charge in [0.2, 0.25) is 0 Å². The van der Waals surface area contributed by atoms with Gasteiger partial charge in [0.1, 0.15) is 0 Å². The minimum atomic E-state index is 0.271. The minimum absolute atomic E-state index is 0.271. The first-order chi connectivity index (χ1) is 6.24. The molecule has 3 heteroatoms. The number of hydrogen-bond acceptors (Lipinski definition) is 3. The summed E-state index contributed by atoms with van der Waals surface area (Å²) in [5, 5.41) is 8.78. The van der Waals surface area contributed by atoms with E-state index >= 15 is 0 Å². The van der Waals surface area contributed by atoms with Crippen LogP contribution >= 0.6 is 0 Å². The average molecular weight is 186 g/mol. The fraction of sp³-hybridized carbons (Fsp3) is 1.00. The van der Waals surface area contributed by atoms with E-state index in [1.807, 2.05) is 0 Å². The predicted octanol–water partition coefficient (Wildman–Crippen LogP) is 0.395. The van der Waals surface area contributed by atoms with Gasteiger partial charge in [-0.1, -0.05) is 6.42 Å². The molecule has 1 saturated heterocycles. The molecular formula is C10H22N2O. The molecule has 0 spiro atoms. The fourth-order valence-corrected chi connectivity index (χ4v) is 2.00. The Morgan fingerprint density at radius 1 is 1.46 bits per heavy atom. The van der Waals surface area contributed by atoms with Gasteiger partial charge in [-0.3, -0.25) is 0 Å². The molecule has 3 nitrogen and oxygen atoms in total. The van der Waals surface area contributed by atoms with E-state index in [0.717, 1.165) is 13.1 Å². The van der Waals surface area contributed by atoms with Gasteiger partial charge in [0, 0.05) is 19.1 Å². The van der Waals surface area contributed by atoms with Crippen LogP contribution in [0, 0.1) is 0 Å². The van der Waals surface area contributed by atoms with E-state index < -0.39 is 0 Å². The molecule has 78 valence electrons. The van der Waals surface area contributed by atoms with Crippen LogP contribution in [0.4, 0.5) is 0 Å². The van der Waals surface area contributed by atoms with Crippen molar-refractivity contribution in [1.29, 1.82) is 0 Å². The highest BCUT2D eigenvalue weighted by Crippen LogP contribution is 2.15. The molecule has 0 radical (unpaired) electrons. The lowest BCUT2D eigenvalue weighted by Gasteiger charge is -2.35. The lowest BCUT2D eigenvalue weighted by Crippen LogP contribution is -2.44. The Bertz CT molecular complexity index is 141.